The lowest BCUT2D eigenvalue weighted by Crippen LogP contribution is -2.27. The summed E-state index contributed by atoms with van der Waals surface area (Å²) in [6.45, 7) is 1.83. The van der Waals surface area contributed by atoms with Gasteiger partial charge in [-0.25, -0.2) is 22.2 Å². The van der Waals surface area contributed by atoms with Gasteiger partial charge in [-0.1, -0.05) is 42.5 Å². The molecule has 6 rings (SSSR count). The summed E-state index contributed by atoms with van der Waals surface area (Å²) in [6, 6.07) is 26.9. The van der Waals surface area contributed by atoms with Crippen molar-refractivity contribution in [3.8, 4) is 28.3 Å². The van der Waals surface area contributed by atoms with Gasteiger partial charge < -0.3 is 19.8 Å². The van der Waals surface area contributed by atoms with Crippen LogP contribution in [-0.2, 0) is 23.1 Å². The molecule has 52 heavy (non-hydrogen) atoms. The van der Waals surface area contributed by atoms with Gasteiger partial charge in [0.05, 0.1) is 22.7 Å². The molecule has 3 N–H and O–H groups in total. The second-order valence-electron chi connectivity index (χ2n) is 11.7. The molecule has 0 bridgehead atoms. The van der Waals surface area contributed by atoms with Crippen molar-refractivity contribution in [3.05, 3.63) is 137 Å². The first-order valence-electron chi connectivity index (χ1n) is 16.3. The first-order chi connectivity index (χ1) is 25.0. The van der Waals surface area contributed by atoms with Gasteiger partial charge in [0.1, 0.15) is 29.6 Å². The molecule has 0 saturated carbocycles. The second-order valence-corrected chi connectivity index (χ2v) is 13.8. The Bertz CT molecular complexity index is 2350. The van der Waals surface area contributed by atoms with E-state index in [0.29, 0.717) is 17.4 Å². The summed E-state index contributed by atoms with van der Waals surface area (Å²) in [5.41, 5.74) is 2.87. The summed E-state index contributed by atoms with van der Waals surface area (Å²) in [4.78, 5) is 31.7. The molecule has 0 atom stereocenters. The number of benzene rings is 4. The van der Waals surface area contributed by atoms with Crippen molar-refractivity contribution < 1.29 is 35.9 Å². The number of amides is 2. The van der Waals surface area contributed by atoms with Gasteiger partial charge in [0.2, 0.25) is 10.0 Å². The number of carbonyl (C=O) groups is 2. The third-order valence-corrected chi connectivity index (χ3v) is 9.52. The molecule has 6 aromatic rings. The quantitative estimate of drug-likeness (QED) is 0.115. The maximum absolute atomic E-state index is 13.8. The number of anilines is 1. The van der Waals surface area contributed by atoms with Crippen molar-refractivity contribution in [2.45, 2.75) is 20.0 Å². The number of pyridine rings is 1. The molecule has 13 heteroatoms. The van der Waals surface area contributed by atoms with Crippen molar-refractivity contribution in [2.75, 3.05) is 24.1 Å². The predicted molar refractivity (Wildman–Crippen MR) is 195 cm³/mol. The van der Waals surface area contributed by atoms with Crippen LogP contribution in [0.1, 0.15) is 38.9 Å². The minimum absolute atomic E-state index is 0.0670. The van der Waals surface area contributed by atoms with Crippen molar-refractivity contribution in [2.24, 2.45) is 0 Å². The van der Waals surface area contributed by atoms with Crippen LogP contribution in [0.4, 0.5) is 14.5 Å². The Kier molecular flexibility index (Phi) is 10.6. The number of aromatic nitrogens is 1. The lowest BCUT2D eigenvalue weighted by atomic mass is 10.0. The summed E-state index contributed by atoms with van der Waals surface area (Å²) >= 11 is 0. The zero-order valence-electron chi connectivity index (χ0n) is 28.2. The Hall–Kier alpha value is -6.08. The Morgan fingerprint density at radius 1 is 0.846 bits per heavy atom. The van der Waals surface area contributed by atoms with Crippen LogP contribution in [0.3, 0.4) is 0 Å². The topological polar surface area (TPSA) is 140 Å². The number of nitrogens with one attached hydrogen (secondary N) is 3. The van der Waals surface area contributed by atoms with Gasteiger partial charge in [-0.15, -0.1) is 0 Å². The average molecular weight is 725 g/mol. The van der Waals surface area contributed by atoms with Gasteiger partial charge in [0, 0.05) is 36.2 Å². The van der Waals surface area contributed by atoms with Crippen LogP contribution in [0.5, 0.6) is 5.75 Å². The first-order valence-corrected chi connectivity index (χ1v) is 18.0. The fourth-order valence-electron chi connectivity index (χ4n) is 5.50. The van der Waals surface area contributed by atoms with Crippen LogP contribution in [-0.4, -0.2) is 44.6 Å². The molecule has 2 aromatic heterocycles. The van der Waals surface area contributed by atoms with Crippen LogP contribution in [0.15, 0.2) is 108 Å². The molecule has 2 amide bonds. The largest absolute Gasteiger partial charge is 0.486 e. The van der Waals surface area contributed by atoms with Crippen LogP contribution in [0.25, 0.3) is 33.6 Å². The highest BCUT2D eigenvalue weighted by atomic mass is 32.2. The Balaban J connectivity index is 1.46. The van der Waals surface area contributed by atoms with Crippen molar-refractivity contribution in [3.63, 3.8) is 0 Å². The zero-order valence-corrected chi connectivity index (χ0v) is 29.0. The van der Waals surface area contributed by atoms with E-state index in [9.17, 15) is 26.8 Å². The summed E-state index contributed by atoms with van der Waals surface area (Å²) in [5.74, 6) is -1.81. The number of hydrogen-bond donors (Lipinski definition) is 3. The molecule has 0 saturated heterocycles. The van der Waals surface area contributed by atoms with Gasteiger partial charge in [0.15, 0.2) is 11.4 Å². The number of sulfonamides is 1. The van der Waals surface area contributed by atoms with Gasteiger partial charge in [-0.05, 0) is 79.1 Å². The molecule has 0 aliphatic rings. The SMILES string of the molecule is CCS(=O)(=O)Nc1cc2oc(-c3ccc(F)cc3)c(C(=O)NC)c2cc1-c1ccc(OCc2ccccc2)c(C(=O)NCCc2ccc(F)cc2)n1. The molecule has 0 aliphatic heterocycles. The normalized spacial score (nSPS) is 11.3. The number of rotatable bonds is 13. The minimum atomic E-state index is -3.84. The zero-order chi connectivity index (χ0) is 36.8. The number of ether oxygens (including phenoxy) is 1. The summed E-state index contributed by atoms with van der Waals surface area (Å²) in [7, 11) is -2.38. The predicted octanol–water partition coefficient (Wildman–Crippen LogP) is 7.11. The maximum atomic E-state index is 13.8. The molecule has 0 aliphatic carbocycles. The van der Waals surface area contributed by atoms with E-state index in [-0.39, 0.29) is 70.0 Å². The Morgan fingerprint density at radius 2 is 1.54 bits per heavy atom. The smallest absolute Gasteiger partial charge is 0.273 e. The molecule has 4 aromatic carbocycles. The summed E-state index contributed by atoms with van der Waals surface area (Å²) in [5, 5.41) is 5.78. The van der Waals surface area contributed by atoms with E-state index in [2.05, 4.69) is 15.4 Å². The molecule has 266 valence electrons. The standard InChI is InChI=1S/C39H34F2N4O6S/c1-3-52(48,49)45-32-22-34-30(35(38(46)42-2)37(51-34)26-11-15-28(41)16-12-26)21-29(32)31-17-18-33(50-23-25-7-5-4-6-8-25)36(44-31)39(47)43-20-19-24-9-13-27(40)14-10-24/h4-18,21-22,45H,3,19-20,23H2,1-2H3,(H,42,46)(H,43,47). The highest BCUT2D eigenvalue weighted by molar-refractivity contribution is 7.92. The third kappa shape index (κ3) is 8.10. The molecule has 10 nitrogen and oxygen atoms in total. The Morgan fingerprint density at radius 3 is 2.21 bits per heavy atom. The monoisotopic (exact) mass is 724 g/mol. The number of carbonyl (C=O) groups excluding carboxylic acids is 2. The van der Waals surface area contributed by atoms with Gasteiger partial charge in [-0.2, -0.15) is 0 Å². The number of nitrogens with zero attached hydrogens (tertiary/aromatic N) is 1. The molecule has 0 spiro atoms. The molecular formula is C39H34F2N4O6S. The number of fused-ring (bicyclic) bond motifs is 1. The van der Waals surface area contributed by atoms with Crippen molar-refractivity contribution in [1.82, 2.24) is 15.6 Å². The van der Waals surface area contributed by atoms with Gasteiger partial charge >= 0.3 is 0 Å². The van der Waals surface area contributed by atoms with E-state index < -0.39 is 27.7 Å². The molecule has 2 heterocycles. The van der Waals surface area contributed by atoms with E-state index in [1.165, 1.54) is 56.4 Å². The highest BCUT2D eigenvalue weighted by Crippen LogP contribution is 2.40. The molecule has 0 fully saturated rings. The fraction of sp³-hybridized carbons (Fsp3) is 0.154. The number of hydrogen-bond acceptors (Lipinski definition) is 7. The number of halogens is 2. The van der Waals surface area contributed by atoms with Crippen molar-refractivity contribution >= 4 is 38.5 Å². The fourth-order valence-corrected chi connectivity index (χ4v) is 6.15. The maximum Gasteiger partial charge on any atom is 0.273 e. The lowest BCUT2D eigenvalue weighted by Gasteiger charge is -2.15. The van der Waals surface area contributed by atoms with Crippen molar-refractivity contribution in [1.29, 1.82) is 0 Å². The van der Waals surface area contributed by atoms with Crippen LogP contribution in [0.2, 0.25) is 0 Å². The molecule has 0 unspecified atom stereocenters. The third-order valence-electron chi connectivity index (χ3n) is 8.23. The van der Waals surface area contributed by atoms with Crippen LogP contribution in [0, 0.1) is 11.6 Å². The molecule has 0 radical (unpaired) electrons. The summed E-state index contributed by atoms with van der Waals surface area (Å²) < 4.78 is 67.8. The summed E-state index contributed by atoms with van der Waals surface area (Å²) in [6.07, 6.45) is 0.421. The van der Waals surface area contributed by atoms with E-state index in [4.69, 9.17) is 14.1 Å². The highest BCUT2D eigenvalue weighted by Gasteiger charge is 2.26. The second kappa shape index (κ2) is 15.4. The van der Waals surface area contributed by atoms with Gasteiger partial charge in [-0.3, -0.25) is 14.3 Å². The van der Waals surface area contributed by atoms with E-state index in [0.717, 1.165) is 11.1 Å². The Labute approximate surface area is 298 Å². The molecular weight excluding hydrogens is 691 g/mol. The van der Waals surface area contributed by atoms with Crippen LogP contribution < -0.4 is 20.1 Å². The van der Waals surface area contributed by atoms with Gasteiger partial charge in [0.25, 0.3) is 11.8 Å². The minimum Gasteiger partial charge on any atom is -0.486 e. The first kappa shape index (κ1) is 35.7. The van der Waals surface area contributed by atoms with E-state index in [1.807, 2.05) is 30.3 Å². The van der Waals surface area contributed by atoms with E-state index >= 15 is 0 Å². The number of furan rings is 1. The average Bonchev–Trinajstić information content (AvgIpc) is 3.52. The van der Waals surface area contributed by atoms with E-state index in [1.54, 1.807) is 30.3 Å². The van der Waals surface area contributed by atoms with Crippen LogP contribution >= 0.6 is 0 Å². The lowest BCUT2D eigenvalue weighted by molar-refractivity contribution is 0.0941.